The number of amides is 1. The molecule has 1 unspecified atom stereocenters. The molecule has 1 amide bonds. The van der Waals surface area contributed by atoms with Crippen LogP contribution in [0.5, 0.6) is 11.5 Å². The predicted molar refractivity (Wildman–Crippen MR) is 115 cm³/mol. The number of fused-ring (bicyclic) bond motifs is 1. The smallest absolute Gasteiger partial charge is 0.225 e. The molecule has 29 heavy (non-hydrogen) atoms. The minimum absolute atomic E-state index is 0.0235. The molecule has 0 aromatic heterocycles. The maximum Gasteiger partial charge on any atom is 0.225 e. The molecule has 7 heteroatoms. The molecule has 0 spiro atoms. The number of hydrogen-bond donors (Lipinski definition) is 4. The number of ether oxygens (including phenoxy) is 1. The summed E-state index contributed by atoms with van der Waals surface area (Å²) in [5.74, 6) is 1.41. The summed E-state index contributed by atoms with van der Waals surface area (Å²) in [7, 11) is 1.54. The van der Waals surface area contributed by atoms with Gasteiger partial charge in [0.05, 0.1) is 13.7 Å². The topological polar surface area (TPSA) is 95.0 Å². The average molecular weight is 396 g/mol. The Kier molecular flexibility index (Phi) is 6.94. The summed E-state index contributed by atoms with van der Waals surface area (Å²) < 4.78 is 5.16. The number of hydrogen-bond acceptors (Lipinski definition) is 4. The van der Waals surface area contributed by atoms with Crippen LogP contribution < -0.4 is 20.7 Å². The van der Waals surface area contributed by atoms with Crippen molar-refractivity contribution in [2.24, 2.45) is 4.99 Å². The minimum Gasteiger partial charge on any atom is -0.504 e. The van der Waals surface area contributed by atoms with Gasteiger partial charge in [-0.1, -0.05) is 30.3 Å². The lowest BCUT2D eigenvalue weighted by atomic mass is 9.91. The van der Waals surface area contributed by atoms with Crippen molar-refractivity contribution in [3.63, 3.8) is 0 Å². The van der Waals surface area contributed by atoms with E-state index < -0.39 is 0 Å². The SMILES string of the molecule is CCNC(=NCC1CC(=O)Nc2ccccc21)NCCc1cccc(OC)c1O. The summed E-state index contributed by atoms with van der Waals surface area (Å²) in [6.45, 7) is 3.87. The van der Waals surface area contributed by atoms with E-state index in [-0.39, 0.29) is 17.6 Å². The number of carbonyl (C=O) groups is 1. The molecule has 0 saturated heterocycles. The van der Waals surface area contributed by atoms with E-state index in [1.807, 2.05) is 43.3 Å². The highest BCUT2D eigenvalue weighted by Crippen LogP contribution is 2.32. The van der Waals surface area contributed by atoms with E-state index in [0.717, 1.165) is 23.4 Å². The molecule has 1 atom stereocenters. The van der Waals surface area contributed by atoms with Crippen molar-refractivity contribution in [3.05, 3.63) is 53.6 Å². The number of nitrogens with zero attached hydrogens (tertiary/aromatic N) is 1. The Bertz CT molecular complexity index is 882. The van der Waals surface area contributed by atoms with Crippen LogP contribution in [-0.2, 0) is 11.2 Å². The summed E-state index contributed by atoms with van der Waals surface area (Å²) in [6, 6.07) is 13.3. The molecule has 0 saturated carbocycles. The second kappa shape index (κ2) is 9.82. The molecule has 2 aromatic carbocycles. The number of methoxy groups -OCH3 is 1. The van der Waals surface area contributed by atoms with Crippen molar-refractivity contribution >= 4 is 17.6 Å². The first-order chi connectivity index (χ1) is 14.1. The Hall–Kier alpha value is -3.22. The number of phenolic OH excluding ortho intramolecular Hbond substituents is 1. The lowest BCUT2D eigenvalue weighted by molar-refractivity contribution is -0.116. The quantitative estimate of drug-likeness (QED) is 0.426. The number of aliphatic imine (C=N–C) groups is 1. The number of benzene rings is 2. The second-order valence-electron chi connectivity index (χ2n) is 6.90. The van der Waals surface area contributed by atoms with Crippen LogP contribution in [0.1, 0.15) is 30.4 Å². The standard InChI is InChI=1S/C22H28N4O3/c1-3-23-22(24-12-11-15-7-6-10-19(29-2)21(15)28)25-14-16-13-20(27)26-18-9-5-4-8-17(16)18/h4-10,16,28H,3,11-14H2,1-2H3,(H,26,27)(H2,23,24,25). The summed E-state index contributed by atoms with van der Waals surface area (Å²) in [6.07, 6.45) is 1.06. The maximum absolute atomic E-state index is 12.0. The fraction of sp³-hybridized carbons (Fsp3) is 0.364. The van der Waals surface area contributed by atoms with Crippen molar-refractivity contribution in [1.82, 2.24) is 10.6 Å². The van der Waals surface area contributed by atoms with Crippen LogP contribution in [0.15, 0.2) is 47.5 Å². The number of guanidine groups is 1. The molecule has 0 radical (unpaired) electrons. The Morgan fingerprint density at radius 3 is 2.86 bits per heavy atom. The molecule has 1 aliphatic rings. The monoisotopic (exact) mass is 396 g/mol. The van der Waals surface area contributed by atoms with Gasteiger partial charge in [-0.2, -0.15) is 0 Å². The van der Waals surface area contributed by atoms with Gasteiger partial charge in [0.2, 0.25) is 5.91 Å². The number of para-hydroxylation sites is 2. The van der Waals surface area contributed by atoms with Crippen LogP contribution >= 0.6 is 0 Å². The summed E-state index contributed by atoms with van der Waals surface area (Å²) in [5, 5.41) is 19.7. The van der Waals surface area contributed by atoms with Gasteiger partial charge in [-0.3, -0.25) is 9.79 Å². The van der Waals surface area contributed by atoms with Crippen LogP contribution in [-0.4, -0.2) is 43.7 Å². The van der Waals surface area contributed by atoms with Crippen molar-refractivity contribution in [2.45, 2.75) is 25.7 Å². The number of aromatic hydroxyl groups is 1. The zero-order valence-corrected chi connectivity index (χ0v) is 16.9. The van der Waals surface area contributed by atoms with Crippen LogP contribution in [0.4, 0.5) is 5.69 Å². The van der Waals surface area contributed by atoms with Gasteiger partial charge in [0.1, 0.15) is 0 Å². The van der Waals surface area contributed by atoms with E-state index in [1.165, 1.54) is 7.11 Å². The number of phenols is 1. The molecule has 0 aliphatic carbocycles. The van der Waals surface area contributed by atoms with Crippen molar-refractivity contribution in [1.29, 1.82) is 0 Å². The lowest BCUT2D eigenvalue weighted by Gasteiger charge is -2.24. The molecule has 0 fully saturated rings. The van der Waals surface area contributed by atoms with Gasteiger partial charge in [0, 0.05) is 31.1 Å². The molecule has 2 aromatic rings. The first-order valence-electron chi connectivity index (χ1n) is 9.88. The number of rotatable bonds is 7. The Balaban J connectivity index is 1.63. The van der Waals surface area contributed by atoms with E-state index in [9.17, 15) is 9.90 Å². The zero-order chi connectivity index (χ0) is 20.6. The van der Waals surface area contributed by atoms with E-state index in [2.05, 4.69) is 20.9 Å². The minimum atomic E-state index is 0.0235. The normalized spacial score (nSPS) is 16.0. The van der Waals surface area contributed by atoms with Gasteiger partial charge < -0.3 is 25.8 Å². The van der Waals surface area contributed by atoms with Gasteiger partial charge in [0.15, 0.2) is 17.5 Å². The fourth-order valence-corrected chi connectivity index (χ4v) is 3.46. The van der Waals surface area contributed by atoms with Crippen LogP contribution in [0.3, 0.4) is 0 Å². The third-order valence-electron chi connectivity index (χ3n) is 4.91. The molecule has 3 rings (SSSR count). The van der Waals surface area contributed by atoms with Gasteiger partial charge in [-0.05, 0) is 36.6 Å². The van der Waals surface area contributed by atoms with Gasteiger partial charge in [0.25, 0.3) is 0 Å². The molecule has 7 nitrogen and oxygen atoms in total. The highest BCUT2D eigenvalue weighted by atomic mass is 16.5. The van der Waals surface area contributed by atoms with Crippen LogP contribution in [0.25, 0.3) is 0 Å². The third-order valence-corrected chi connectivity index (χ3v) is 4.91. The maximum atomic E-state index is 12.0. The molecule has 1 heterocycles. The second-order valence-corrected chi connectivity index (χ2v) is 6.90. The molecule has 1 aliphatic heterocycles. The van der Waals surface area contributed by atoms with E-state index in [4.69, 9.17) is 4.74 Å². The number of nitrogens with one attached hydrogen (secondary N) is 3. The molecule has 4 N–H and O–H groups in total. The fourth-order valence-electron chi connectivity index (χ4n) is 3.46. The van der Waals surface area contributed by atoms with Crippen molar-refractivity contribution < 1.29 is 14.6 Å². The molecular formula is C22H28N4O3. The van der Waals surface area contributed by atoms with E-state index in [0.29, 0.717) is 37.6 Å². The van der Waals surface area contributed by atoms with Gasteiger partial charge in [-0.15, -0.1) is 0 Å². The van der Waals surface area contributed by atoms with Gasteiger partial charge in [-0.25, -0.2) is 0 Å². The average Bonchev–Trinajstić information content (AvgIpc) is 2.72. The summed E-state index contributed by atoms with van der Waals surface area (Å²) >= 11 is 0. The Labute approximate surface area is 171 Å². The zero-order valence-electron chi connectivity index (χ0n) is 16.9. The molecule has 154 valence electrons. The Morgan fingerprint density at radius 1 is 1.24 bits per heavy atom. The number of anilines is 1. The third kappa shape index (κ3) is 5.19. The highest BCUT2D eigenvalue weighted by molar-refractivity contribution is 5.94. The van der Waals surface area contributed by atoms with Crippen LogP contribution in [0.2, 0.25) is 0 Å². The van der Waals surface area contributed by atoms with Crippen LogP contribution in [0, 0.1) is 0 Å². The molecule has 0 bridgehead atoms. The highest BCUT2D eigenvalue weighted by Gasteiger charge is 2.24. The molecular weight excluding hydrogens is 368 g/mol. The summed E-state index contributed by atoms with van der Waals surface area (Å²) in [4.78, 5) is 16.7. The largest absolute Gasteiger partial charge is 0.504 e. The van der Waals surface area contributed by atoms with E-state index in [1.54, 1.807) is 6.07 Å². The van der Waals surface area contributed by atoms with Crippen molar-refractivity contribution in [2.75, 3.05) is 32.1 Å². The predicted octanol–water partition coefficient (Wildman–Crippen LogP) is 2.62. The first kappa shape index (κ1) is 20.5. The van der Waals surface area contributed by atoms with Crippen molar-refractivity contribution in [3.8, 4) is 11.5 Å². The lowest BCUT2D eigenvalue weighted by Crippen LogP contribution is -2.38. The number of carbonyl (C=O) groups excluding carboxylic acids is 1. The summed E-state index contributed by atoms with van der Waals surface area (Å²) in [5.41, 5.74) is 2.80. The Morgan fingerprint density at radius 2 is 2.07 bits per heavy atom. The first-order valence-corrected chi connectivity index (χ1v) is 9.88. The van der Waals surface area contributed by atoms with E-state index >= 15 is 0 Å². The van der Waals surface area contributed by atoms with Gasteiger partial charge >= 0.3 is 0 Å².